The molecule has 0 aliphatic heterocycles. The number of carboxylic acids is 1. The van der Waals surface area contributed by atoms with Gasteiger partial charge < -0.3 is 10.0 Å². The van der Waals surface area contributed by atoms with Gasteiger partial charge in [0.15, 0.2) is 0 Å². The largest absolute Gasteiger partial charge is 0.481 e. The Morgan fingerprint density at radius 3 is 2.88 bits per heavy atom. The number of anilines is 1. The van der Waals surface area contributed by atoms with Gasteiger partial charge in [0, 0.05) is 18.8 Å². The van der Waals surface area contributed by atoms with Crippen molar-refractivity contribution in [3.8, 4) is 0 Å². The smallest absolute Gasteiger partial charge is 0.308 e. The molecule has 0 amide bonds. The molecule has 0 radical (unpaired) electrons. The Labute approximate surface area is 100 Å². The van der Waals surface area contributed by atoms with Crippen molar-refractivity contribution in [2.75, 3.05) is 18.0 Å². The van der Waals surface area contributed by atoms with Gasteiger partial charge in [0.1, 0.15) is 5.82 Å². The molecule has 0 saturated carbocycles. The van der Waals surface area contributed by atoms with Crippen molar-refractivity contribution < 1.29 is 14.3 Å². The molecule has 17 heavy (non-hydrogen) atoms. The van der Waals surface area contributed by atoms with Crippen LogP contribution in [-0.2, 0) is 4.79 Å². The normalized spacial score (nSPS) is 11.9. The molecule has 92 valence electrons. The molecule has 1 unspecified atom stereocenters. The minimum absolute atomic E-state index is 0.324. The lowest BCUT2D eigenvalue weighted by atomic mass is 10.1. The molecule has 0 aliphatic carbocycles. The Bertz CT molecular complexity index is 406. The van der Waals surface area contributed by atoms with Gasteiger partial charge in [0.05, 0.1) is 5.92 Å². The van der Waals surface area contributed by atoms with Crippen LogP contribution in [0.1, 0.15) is 6.92 Å². The highest BCUT2D eigenvalue weighted by Gasteiger charge is 2.16. The molecule has 0 aliphatic rings. The van der Waals surface area contributed by atoms with Crippen LogP contribution in [0.5, 0.6) is 0 Å². The van der Waals surface area contributed by atoms with Crippen LogP contribution < -0.4 is 4.90 Å². The summed E-state index contributed by atoms with van der Waals surface area (Å²) in [5, 5.41) is 8.87. The molecule has 1 aromatic carbocycles. The molecular weight excluding hydrogens is 221 g/mol. The van der Waals surface area contributed by atoms with Crippen molar-refractivity contribution in [2.45, 2.75) is 6.92 Å². The summed E-state index contributed by atoms with van der Waals surface area (Å²) < 4.78 is 13.1. The summed E-state index contributed by atoms with van der Waals surface area (Å²) in [6.07, 6.45) is 1.67. The van der Waals surface area contributed by atoms with E-state index in [1.54, 1.807) is 30.0 Å². The fraction of sp³-hybridized carbons (Fsp3) is 0.308. The average Bonchev–Trinajstić information content (AvgIpc) is 2.28. The molecule has 0 fully saturated rings. The minimum atomic E-state index is -0.865. The molecule has 1 atom stereocenters. The quantitative estimate of drug-likeness (QED) is 0.773. The van der Waals surface area contributed by atoms with E-state index in [-0.39, 0.29) is 5.82 Å². The van der Waals surface area contributed by atoms with Crippen LogP contribution in [0, 0.1) is 11.7 Å². The molecule has 0 heterocycles. The van der Waals surface area contributed by atoms with E-state index < -0.39 is 11.9 Å². The molecule has 4 heteroatoms. The maximum atomic E-state index is 13.1. The predicted molar refractivity (Wildman–Crippen MR) is 65.6 cm³/mol. The van der Waals surface area contributed by atoms with Gasteiger partial charge >= 0.3 is 5.97 Å². The van der Waals surface area contributed by atoms with E-state index in [4.69, 9.17) is 5.11 Å². The van der Waals surface area contributed by atoms with Crippen molar-refractivity contribution in [1.82, 2.24) is 0 Å². The number of hydrogen-bond donors (Lipinski definition) is 1. The number of aliphatic carboxylic acids is 1. The Morgan fingerprint density at radius 1 is 1.65 bits per heavy atom. The third-order valence-corrected chi connectivity index (χ3v) is 2.44. The summed E-state index contributed by atoms with van der Waals surface area (Å²) in [4.78, 5) is 12.6. The molecule has 1 rings (SSSR count). The van der Waals surface area contributed by atoms with Gasteiger partial charge in [-0.3, -0.25) is 4.79 Å². The van der Waals surface area contributed by atoms with E-state index in [9.17, 15) is 9.18 Å². The number of carbonyl (C=O) groups is 1. The lowest BCUT2D eigenvalue weighted by Gasteiger charge is -2.25. The van der Waals surface area contributed by atoms with E-state index in [0.717, 1.165) is 0 Å². The summed E-state index contributed by atoms with van der Waals surface area (Å²) in [5.41, 5.74) is 0.665. The van der Waals surface area contributed by atoms with Gasteiger partial charge in [0.25, 0.3) is 0 Å². The second kappa shape index (κ2) is 6.03. The second-order valence-corrected chi connectivity index (χ2v) is 3.91. The highest BCUT2D eigenvalue weighted by Crippen LogP contribution is 2.17. The number of rotatable bonds is 6. The highest BCUT2D eigenvalue weighted by atomic mass is 19.1. The lowest BCUT2D eigenvalue weighted by Crippen LogP contribution is -2.32. The molecule has 0 bridgehead atoms. The van der Waals surface area contributed by atoms with Crippen LogP contribution in [0.25, 0.3) is 0 Å². The van der Waals surface area contributed by atoms with E-state index in [1.165, 1.54) is 12.1 Å². The highest BCUT2D eigenvalue weighted by molar-refractivity contribution is 5.70. The Hall–Kier alpha value is -1.84. The number of carboxylic acid groups (broad SMARTS) is 1. The van der Waals surface area contributed by atoms with E-state index in [2.05, 4.69) is 6.58 Å². The first kappa shape index (κ1) is 13.2. The Kier molecular flexibility index (Phi) is 4.69. The van der Waals surface area contributed by atoms with Gasteiger partial charge in [-0.1, -0.05) is 19.1 Å². The molecular formula is C13H16FNO2. The average molecular weight is 237 g/mol. The van der Waals surface area contributed by atoms with E-state index >= 15 is 0 Å². The number of benzene rings is 1. The van der Waals surface area contributed by atoms with Crippen molar-refractivity contribution >= 4 is 11.7 Å². The summed E-state index contributed by atoms with van der Waals surface area (Å²) in [7, 11) is 0. The molecule has 1 N–H and O–H groups in total. The van der Waals surface area contributed by atoms with Gasteiger partial charge in [-0.2, -0.15) is 0 Å². The fourth-order valence-corrected chi connectivity index (χ4v) is 1.52. The molecule has 0 saturated heterocycles. The van der Waals surface area contributed by atoms with Crippen LogP contribution in [-0.4, -0.2) is 24.2 Å². The van der Waals surface area contributed by atoms with Crippen molar-refractivity contribution in [2.24, 2.45) is 5.92 Å². The SMILES string of the molecule is C=CCN(CC(C)C(=O)O)c1cccc(F)c1. The lowest BCUT2D eigenvalue weighted by molar-refractivity contribution is -0.140. The Morgan fingerprint density at radius 2 is 2.35 bits per heavy atom. The van der Waals surface area contributed by atoms with Crippen molar-refractivity contribution in [1.29, 1.82) is 0 Å². The maximum absolute atomic E-state index is 13.1. The molecule has 0 spiro atoms. The first-order valence-corrected chi connectivity index (χ1v) is 5.38. The van der Waals surface area contributed by atoms with Crippen LogP contribution >= 0.6 is 0 Å². The molecule has 1 aromatic rings. The minimum Gasteiger partial charge on any atom is -0.481 e. The zero-order chi connectivity index (χ0) is 12.8. The zero-order valence-corrected chi connectivity index (χ0v) is 9.77. The number of halogens is 1. The first-order valence-electron chi connectivity index (χ1n) is 5.38. The van der Waals surface area contributed by atoms with Crippen LogP contribution in [0.3, 0.4) is 0 Å². The van der Waals surface area contributed by atoms with E-state index in [0.29, 0.717) is 18.8 Å². The monoisotopic (exact) mass is 237 g/mol. The fourth-order valence-electron chi connectivity index (χ4n) is 1.52. The zero-order valence-electron chi connectivity index (χ0n) is 9.77. The third-order valence-electron chi connectivity index (χ3n) is 2.44. The molecule has 0 aromatic heterocycles. The van der Waals surface area contributed by atoms with Crippen molar-refractivity contribution in [3.63, 3.8) is 0 Å². The number of nitrogens with zero attached hydrogens (tertiary/aromatic N) is 1. The van der Waals surface area contributed by atoms with Gasteiger partial charge in [-0.25, -0.2) is 4.39 Å². The number of hydrogen-bond acceptors (Lipinski definition) is 2. The van der Waals surface area contributed by atoms with Gasteiger partial charge in [0.2, 0.25) is 0 Å². The topological polar surface area (TPSA) is 40.5 Å². The predicted octanol–water partition coefficient (Wildman–Crippen LogP) is 2.54. The van der Waals surface area contributed by atoms with Gasteiger partial charge in [-0.15, -0.1) is 6.58 Å². The first-order chi connectivity index (χ1) is 8.04. The second-order valence-electron chi connectivity index (χ2n) is 3.91. The summed E-state index contributed by atoms with van der Waals surface area (Å²) in [6.45, 7) is 6.05. The van der Waals surface area contributed by atoms with Crippen LogP contribution in [0.4, 0.5) is 10.1 Å². The van der Waals surface area contributed by atoms with Crippen LogP contribution in [0.15, 0.2) is 36.9 Å². The maximum Gasteiger partial charge on any atom is 0.308 e. The van der Waals surface area contributed by atoms with Crippen molar-refractivity contribution in [3.05, 3.63) is 42.7 Å². The van der Waals surface area contributed by atoms with Gasteiger partial charge in [-0.05, 0) is 18.2 Å². The summed E-state index contributed by atoms with van der Waals surface area (Å²) >= 11 is 0. The van der Waals surface area contributed by atoms with E-state index in [1.807, 2.05) is 0 Å². The standard InChI is InChI=1S/C13H16FNO2/c1-3-7-15(9-10(2)13(16)17)12-6-4-5-11(14)8-12/h3-6,8,10H,1,7,9H2,2H3,(H,16,17). The summed E-state index contributed by atoms with van der Waals surface area (Å²) in [5.74, 6) is -1.71. The third kappa shape index (κ3) is 3.90. The Balaban J connectivity index is 2.85. The molecule has 3 nitrogen and oxygen atoms in total. The van der Waals surface area contributed by atoms with Crippen LogP contribution in [0.2, 0.25) is 0 Å². The summed E-state index contributed by atoms with van der Waals surface area (Å²) in [6, 6.07) is 6.10.